The number of hydrogen-bond acceptors (Lipinski definition) is 5. The summed E-state index contributed by atoms with van der Waals surface area (Å²) in [6.07, 6.45) is 2.75. The predicted molar refractivity (Wildman–Crippen MR) is 129 cm³/mol. The van der Waals surface area contributed by atoms with Crippen LogP contribution in [-0.2, 0) is 27.7 Å². The third kappa shape index (κ3) is 5.47. The summed E-state index contributed by atoms with van der Waals surface area (Å²) in [6.45, 7) is 8.11. The molecule has 34 heavy (non-hydrogen) atoms. The van der Waals surface area contributed by atoms with Crippen LogP contribution in [0.4, 0.5) is 9.18 Å². The number of sulfonamides is 1. The van der Waals surface area contributed by atoms with E-state index < -0.39 is 26.8 Å². The zero-order valence-corrected chi connectivity index (χ0v) is 20.8. The van der Waals surface area contributed by atoms with E-state index in [1.807, 2.05) is 32.3 Å². The molecule has 2 aromatic carbocycles. The smallest absolute Gasteiger partial charge is 0.420 e. The molecular weight excluding hydrogens is 457 g/mol. The molecule has 0 saturated carbocycles. The number of methoxy groups -OCH3 is 1. The molecule has 1 heterocycles. The van der Waals surface area contributed by atoms with Crippen LogP contribution in [-0.4, -0.2) is 31.2 Å². The van der Waals surface area contributed by atoms with Crippen LogP contribution in [0.25, 0.3) is 11.1 Å². The van der Waals surface area contributed by atoms with E-state index in [1.165, 1.54) is 0 Å². The molecule has 0 aliphatic carbocycles. The molecule has 1 aromatic heterocycles. The molecule has 3 rings (SSSR count). The number of carbonyl (C=O) groups is 1. The van der Waals surface area contributed by atoms with Gasteiger partial charge in [0, 0.05) is 29.4 Å². The molecule has 0 unspecified atom stereocenters. The van der Waals surface area contributed by atoms with Crippen LogP contribution < -0.4 is 4.72 Å². The number of amides is 1. The van der Waals surface area contributed by atoms with Gasteiger partial charge in [-0.1, -0.05) is 58.0 Å². The van der Waals surface area contributed by atoms with E-state index in [2.05, 4.69) is 9.72 Å². The number of nitrogens with zero attached hydrogens (tertiary/aromatic N) is 2. The van der Waals surface area contributed by atoms with E-state index in [-0.39, 0.29) is 29.5 Å². The van der Waals surface area contributed by atoms with E-state index in [9.17, 15) is 13.2 Å². The predicted octanol–water partition coefficient (Wildman–Crippen LogP) is 5.10. The number of hydrogen-bond donors (Lipinski definition) is 1. The molecule has 0 saturated heterocycles. The quantitative estimate of drug-likeness (QED) is 0.477. The van der Waals surface area contributed by atoms with Crippen molar-refractivity contribution in [2.75, 3.05) is 7.11 Å². The lowest BCUT2D eigenvalue weighted by Crippen LogP contribution is -2.32. The molecule has 0 aliphatic heterocycles. The number of halogens is 1. The summed E-state index contributed by atoms with van der Waals surface area (Å²) in [5.41, 5.74) is 1.66. The Morgan fingerprint density at radius 1 is 1.18 bits per heavy atom. The van der Waals surface area contributed by atoms with Gasteiger partial charge in [0.05, 0.1) is 13.7 Å². The fourth-order valence-electron chi connectivity index (χ4n) is 3.94. The van der Waals surface area contributed by atoms with Gasteiger partial charge in [-0.05, 0) is 29.5 Å². The highest BCUT2D eigenvalue weighted by molar-refractivity contribution is 7.90. The molecule has 0 bridgehead atoms. The first kappa shape index (κ1) is 25.4. The fourth-order valence-corrected chi connectivity index (χ4v) is 5.17. The highest BCUT2D eigenvalue weighted by atomic mass is 32.2. The molecule has 9 heteroatoms. The lowest BCUT2D eigenvalue weighted by Gasteiger charge is -2.21. The summed E-state index contributed by atoms with van der Waals surface area (Å²) in [4.78, 5) is 15.6. The number of benzene rings is 2. The summed E-state index contributed by atoms with van der Waals surface area (Å²) in [7, 11) is -3.53. The van der Waals surface area contributed by atoms with E-state index in [1.54, 1.807) is 53.5 Å². The fraction of sp³-hybridized carbons (Fsp3) is 0.360. The van der Waals surface area contributed by atoms with Crippen LogP contribution in [0.15, 0.2) is 53.7 Å². The first-order valence-corrected chi connectivity index (χ1v) is 12.5. The molecule has 3 aromatic rings. The standard InChI is InChI=1S/C25H30FN3O4S/c1-16(2)13-19-14-20(18-9-7-6-8-10-18)23(34(31,32)28-25(30)33-5)22(26)21(19)15-29-12-11-27-24(29)17(3)4/h6-12,14,16-17H,13,15H2,1-5H3,(H,28,30). The normalized spacial score (nSPS) is 11.8. The van der Waals surface area contributed by atoms with Crippen LogP contribution in [0.3, 0.4) is 0 Å². The lowest BCUT2D eigenvalue weighted by atomic mass is 9.92. The summed E-state index contributed by atoms with van der Waals surface area (Å²) in [5, 5.41) is 0. The maximum absolute atomic E-state index is 16.3. The van der Waals surface area contributed by atoms with Crippen molar-refractivity contribution in [3.63, 3.8) is 0 Å². The largest absolute Gasteiger partial charge is 0.452 e. The third-order valence-corrected chi connectivity index (χ3v) is 6.76. The third-order valence-electron chi connectivity index (χ3n) is 5.39. The highest BCUT2D eigenvalue weighted by Crippen LogP contribution is 2.35. The molecular formula is C25H30FN3O4S. The van der Waals surface area contributed by atoms with Crippen LogP contribution in [0.5, 0.6) is 0 Å². The van der Waals surface area contributed by atoms with E-state index in [0.717, 1.165) is 12.9 Å². The van der Waals surface area contributed by atoms with Crippen LogP contribution >= 0.6 is 0 Å². The van der Waals surface area contributed by atoms with Gasteiger partial charge in [-0.3, -0.25) is 0 Å². The summed E-state index contributed by atoms with van der Waals surface area (Å²) < 4.78 is 50.8. The van der Waals surface area contributed by atoms with Crippen molar-refractivity contribution >= 4 is 16.1 Å². The van der Waals surface area contributed by atoms with Gasteiger partial charge in [0.2, 0.25) is 0 Å². The molecule has 0 radical (unpaired) electrons. The minimum atomic E-state index is -4.58. The molecule has 0 fully saturated rings. The van der Waals surface area contributed by atoms with E-state index >= 15 is 4.39 Å². The maximum Gasteiger partial charge on any atom is 0.420 e. The number of aromatic nitrogens is 2. The van der Waals surface area contributed by atoms with Gasteiger partial charge in [0.1, 0.15) is 16.5 Å². The van der Waals surface area contributed by atoms with Gasteiger partial charge in [0.25, 0.3) is 10.0 Å². The Kier molecular flexibility index (Phi) is 7.76. The summed E-state index contributed by atoms with van der Waals surface area (Å²) in [5.74, 6) is 0.167. The van der Waals surface area contributed by atoms with Crippen LogP contribution in [0, 0.1) is 11.7 Å². The van der Waals surface area contributed by atoms with Gasteiger partial charge in [-0.15, -0.1) is 0 Å². The number of nitrogens with one attached hydrogen (secondary N) is 1. The Balaban J connectivity index is 2.32. The Morgan fingerprint density at radius 3 is 2.44 bits per heavy atom. The first-order chi connectivity index (χ1) is 16.0. The first-order valence-electron chi connectivity index (χ1n) is 11.1. The van der Waals surface area contributed by atoms with Crippen LogP contribution in [0.1, 0.15) is 50.6 Å². The lowest BCUT2D eigenvalue weighted by molar-refractivity contribution is 0.177. The molecule has 0 spiro atoms. The van der Waals surface area contributed by atoms with Crippen molar-refractivity contribution in [1.29, 1.82) is 0 Å². The molecule has 7 nitrogen and oxygen atoms in total. The minimum absolute atomic E-state index is 0.0967. The van der Waals surface area contributed by atoms with Crippen molar-refractivity contribution in [3.8, 4) is 11.1 Å². The zero-order valence-electron chi connectivity index (χ0n) is 20.0. The second-order valence-corrected chi connectivity index (χ2v) is 10.5. The van der Waals surface area contributed by atoms with Crippen molar-refractivity contribution in [2.24, 2.45) is 5.92 Å². The second kappa shape index (κ2) is 10.4. The van der Waals surface area contributed by atoms with Gasteiger partial charge >= 0.3 is 6.09 Å². The van der Waals surface area contributed by atoms with Gasteiger partial charge in [-0.2, -0.15) is 0 Å². The van der Waals surface area contributed by atoms with Crippen molar-refractivity contribution in [1.82, 2.24) is 14.3 Å². The maximum atomic E-state index is 16.3. The number of imidazole rings is 1. The summed E-state index contributed by atoms with van der Waals surface area (Å²) >= 11 is 0. The highest BCUT2D eigenvalue weighted by Gasteiger charge is 2.30. The Hall–Kier alpha value is -3.20. The second-order valence-electron chi connectivity index (χ2n) is 8.83. The molecule has 0 atom stereocenters. The molecule has 1 amide bonds. The number of rotatable bonds is 8. The Bertz CT molecular complexity index is 1270. The van der Waals surface area contributed by atoms with Crippen molar-refractivity contribution in [3.05, 3.63) is 71.6 Å². The van der Waals surface area contributed by atoms with Gasteiger partial charge < -0.3 is 9.30 Å². The van der Waals surface area contributed by atoms with Gasteiger partial charge in [-0.25, -0.2) is 27.3 Å². The summed E-state index contributed by atoms with van der Waals surface area (Å²) in [6, 6.07) is 10.4. The number of carbonyl (C=O) groups excluding carboxylic acids is 1. The zero-order chi connectivity index (χ0) is 25.0. The minimum Gasteiger partial charge on any atom is -0.452 e. The average molecular weight is 488 g/mol. The van der Waals surface area contributed by atoms with E-state index in [0.29, 0.717) is 17.5 Å². The topological polar surface area (TPSA) is 90.3 Å². The molecule has 1 N–H and O–H groups in total. The Morgan fingerprint density at radius 2 is 1.85 bits per heavy atom. The SMILES string of the molecule is COC(=O)NS(=O)(=O)c1c(-c2ccccc2)cc(CC(C)C)c(Cn2ccnc2C(C)C)c1F. The molecule has 0 aliphatic rings. The van der Waals surface area contributed by atoms with Crippen molar-refractivity contribution in [2.45, 2.75) is 51.5 Å². The molecule has 182 valence electrons. The average Bonchev–Trinajstić information content (AvgIpc) is 3.24. The van der Waals surface area contributed by atoms with Crippen molar-refractivity contribution < 1.29 is 22.3 Å². The van der Waals surface area contributed by atoms with Crippen LogP contribution in [0.2, 0.25) is 0 Å². The monoisotopic (exact) mass is 487 g/mol. The Labute approximate surface area is 200 Å². The number of ether oxygens (including phenoxy) is 1. The van der Waals surface area contributed by atoms with Gasteiger partial charge in [0.15, 0.2) is 0 Å². The van der Waals surface area contributed by atoms with E-state index in [4.69, 9.17) is 0 Å².